The number of rotatable bonds is 6. The molecular weight excluding hydrogens is 189 g/mol. The van der Waals surface area contributed by atoms with Gasteiger partial charge in [0.15, 0.2) is 0 Å². The van der Waals surface area contributed by atoms with Crippen LogP contribution < -0.4 is 5.32 Å². The summed E-state index contributed by atoms with van der Waals surface area (Å²) in [6.45, 7) is 0. The second-order valence-electron chi connectivity index (χ2n) is 1.96. The van der Waals surface area contributed by atoms with Gasteiger partial charge in [-0.1, -0.05) is 0 Å². The molecule has 0 bridgehead atoms. The van der Waals surface area contributed by atoms with Crippen LogP contribution in [0.25, 0.3) is 0 Å². The van der Waals surface area contributed by atoms with Gasteiger partial charge in [-0.05, 0) is 18.4 Å². The molecule has 0 saturated carbocycles. The van der Waals surface area contributed by atoms with Crippen LogP contribution in [0.15, 0.2) is 0 Å². The second-order valence-corrected chi connectivity index (χ2v) is 2.94. The molecule has 1 atom stereocenters. The van der Waals surface area contributed by atoms with Crippen molar-refractivity contribution in [1.82, 2.24) is 5.32 Å². The van der Waals surface area contributed by atoms with E-state index < -0.39 is 12.0 Å². The number of carbonyl (C=O) groups excluding carboxylic acids is 1. The van der Waals surface area contributed by atoms with E-state index in [4.69, 9.17) is 5.11 Å². The van der Waals surface area contributed by atoms with Gasteiger partial charge in [0.2, 0.25) is 6.41 Å². The maximum atomic E-state index is 10.4. The van der Waals surface area contributed by atoms with E-state index in [2.05, 4.69) is 5.32 Å². The summed E-state index contributed by atoms with van der Waals surface area (Å²) in [7, 11) is 0. The first-order valence-electron chi connectivity index (χ1n) is 3.13. The SMILES string of the molecule is CSCC[C@H](NC=O)C(=O)O.[NaH]. The van der Waals surface area contributed by atoms with Crippen molar-refractivity contribution in [2.24, 2.45) is 0 Å². The number of carboxylic acids is 1. The molecule has 12 heavy (non-hydrogen) atoms. The first-order valence-corrected chi connectivity index (χ1v) is 4.53. The Morgan fingerprint density at radius 1 is 1.75 bits per heavy atom. The van der Waals surface area contributed by atoms with Crippen molar-refractivity contribution in [3.05, 3.63) is 0 Å². The molecule has 0 rings (SSSR count). The fourth-order valence-corrected chi connectivity index (χ4v) is 1.07. The predicted molar refractivity (Wildman–Crippen MR) is 50.8 cm³/mol. The molecule has 0 heterocycles. The molecule has 2 N–H and O–H groups in total. The molecule has 0 aromatic heterocycles. The second kappa shape index (κ2) is 9.38. The number of carbonyl (C=O) groups is 2. The molecule has 0 aliphatic heterocycles. The molecule has 0 aliphatic rings. The Kier molecular flexibility index (Phi) is 11.6. The van der Waals surface area contributed by atoms with Gasteiger partial charge in [0.05, 0.1) is 0 Å². The number of carboxylic acid groups (broad SMARTS) is 1. The van der Waals surface area contributed by atoms with Crippen LogP contribution in [0.5, 0.6) is 0 Å². The standard InChI is InChI=1S/C6H11NO3S.Na.H/c1-11-3-2-5(6(9)10)7-4-8;;/h4-5H,2-3H2,1H3,(H,7,8)(H,9,10);;/t5-;;/m0../s1. The van der Waals surface area contributed by atoms with E-state index >= 15 is 0 Å². The van der Waals surface area contributed by atoms with E-state index in [1.165, 1.54) is 0 Å². The van der Waals surface area contributed by atoms with E-state index in [9.17, 15) is 9.59 Å². The molecule has 4 nitrogen and oxygen atoms in total. The Labute approximate surface area is 97.8 Å². The van der Waals surface area contributed by atoms with Crippen LogP contribution in [-0.2, 0) is 9.59 Å². The van der Waals surface area contributed by atoms with Crippen molar-refractivity contribution < 1.29 is 14.7 Å². The van der Waals surface area contributed by atoms with Crippen molar-refractivity contribution >= 4 is 53.7 Å². The molecule has 0 unspecified atom stereocenters. The topological polar surface area (TPSA) is 66.4 Å². The Hall–Kier alpha value is 0.290. The summed E-state index contributed by atoms with van der Waals surface area (Å²) in [5.41, 5.74) is 0. The van der Waals surface area contributed by atoms with E-state index in [0.717, 1.165) is 5.75 Å². The summed E-state index contributed by atoms with van der Waals surface area (Å²) in [6.07, 6.45) is 2.77. The van der Waals surface area contributed by atoms with Crippen molar-refractivity contribution in [2.45, 2.75) is 12.5 Å². The third-order valence-corrected chi connectivity index (χ3v) is 1.82. The van der Waals surface area contributed by atoms with E-state index in [1.54, 1.807) is 11.8 Å². The van der Waals surface area contributed by atoms with Gasteiger partial charge in [-0.15, -0.1) is 0 Å². The molecule has 66 valence electrons. The summed E-state index contributed by atoms with van der Waals surface area (Å²) in [5, 5.41) is 10.7. The van der Waals surface area contributed by atoms with Crippen molar-refractivity contribution in [3.63, 3.8) is 0 Å². The van der Waals surface area contributed by atoms with Crippen LogP contribution in [-0.4, -0.2) is 65.1 Å². The van der Waals surface area contributed by atoms with Gasteiger partial charge in [-0.2, -0.15) is 11.8 Å². The number of hydrogen-bond acceptors (Lipinski definition) is 3. The summed E-state index contributed by atoms with van der Waals surface area (Å²) >= 11 is 1.55. The van der Waals surface area contributed by atoms with Crippen molar-refractivity contribution in [2.75, 3.05) is 12.0 Å². The third-order valence-electron chi connectivity index (χ3n) is 1.18. The molecule has 1 amide bonds. The third kappa shape index (κ3) is 6.97. The number of amides is 1. The molecular formula is C6H12NNaO3S. The average Bonchev–Trinajstić information content (AvgIpc) is 1.97. The summed E-state index contributed by atoms with van der Waals surface area (Å²) in [5.74, 6) is -0.246. The van der Waals surface area contributed by atoms with Crippen LogP contribution in [0.2, 0.25) is 0 Å². The van der Waals surface area contributed by atoms with Gasteiger partial charge in [0.25, 0.3) is 0 Å². The molecule has 0 spiro atoms. The fraction of sp³-hybridized carbons (Fsp3) is 0.667. The zero-order chi connectivity index (χ0) is 8.69. The molecule has 0 aromatic carbocycles. The Balaban J connectivity index is 0. The Morgan fingerprint density at radius 3 is 2.67 bits per heavy atom. The van der Waals surface area contributed by atoms with Gasteiger partial charge >= 0.3 is 35.5 Å². The predicted octanol–water partition coefficient (Wildman–Crippen LogP) is -0.710. The number of aliphatic carboxylic acids is 1. The van der Waals surface area contributed by atoms with Crippen molar-refractivity contribution in [1.29, 1.82) is 0 Å². The maximum absolute atomic E-state index is 10.4. The van der Waals surface area contributed by atoms with Gasteiger partial charge in [-0.25, -0.2) is 4.79 Å². The molecule has 6 heteroatoms. The summed E-state index contributed by atoms with van der Waals surface area (Å²) in [6, 6.07) is -0.736. The van der Waals surface area contributed by atoms with E-state index in [1.807, 2.05) is 6.26 Å². The Morgan fingerprint density at radius 2 is 2.33 bits per heavy atom. The fourth-order valence-electron chi connectivity index (χ4n) is 0.596. The number of nitrogens with one attached hydrogen (secondary N) is 1. The van der Waals surface area contributed by atoms with Crippen LogP contribution in [0.1, 0.15) is 6.42 Å². The van der Waals surface area contributed by atoms with E-state index in [-0.39, 0.29) is 29.6 Å². The van der Waals surface area contributed by atoms with Crippen LogP contribution >= 0.6 is 11.8 Å². The Bertz CT molecular complexity index is 145. The molecule has 0 aliphatic carbocycles. The molecule has 0 aromatic rings. The first kappa shape index (κ1) is 14.8. The monoisotopic (exact) mass is 201 g/mol. The van der Waals surface area contributed by atoms with E-state index in [0.29, 0.717) is 12.8 Å². The van der Waals surface area contributed by atoms with Crippen LogP contribution in [0, 0.1) is 0 Å². The number of hydrogen-bond donors (Lipinski definition) is 2. The average molecular weight is 201 g/mol. The minimum atomic E-state index is -0.980. The zero-order valence-corrected chi connectivity index (χ0v) is 7.06. The van der Waals surface area contributed by atoms with Gasteiger partial charge in [-0.3, -0.25) is 4.79 Å². The number of thioether (sulfide) groups is 1. The van der Waals surface area contributed by atoms with Crippen LogP contribution in [0.3, 0.4) is 0 Å². The molecule has 0 radical (unpaired) electrons. The minimum absolute atomic E-state index is 0. The molecule has 0 fully saturated rings. The van der Waals surface area contributed by atoms with Gasteiger partial charge in [0.1, 0.15) is 6.04 Å². The van der Waals surface area contributed by atoms with Gasteiger partial charge in [0, 0.05) is 0 Å². The summed E-state index contributed by atoms with van der Waals surface area (Å²) < 4.78 is 0. The van der Waals surface area contributed by atoms with Crippen molar-refractivity contribution in [3.8, 4) is 0 Å². The van der Waals surface area contributed by atoms with Crippen LogP contribution in [0.4, 0.5) is 0 Å². The molecule has 0 saturated heterocycles. The quantitative estimate of drug-likeness (QED) is 0.440. The van der Waals surface area contributed by atoms with Gasteiger partial charge < -0.3 is 10.4 Å². The summed E-state index contributed by atoms with van der Waals surface area (Å²) in [4.78, 5) is 20.3. The zero-order valence-electron chi connectivity index (χ0n) is 6.24. The first-order chi connectivity index (χ1) is 5.22. The normalized spacial score (nSPS) is 11.1.